The molecule has 2 aromatic heterocycles. The molecule has 0 saturated carbocycles. The van der Waals surface area contributed by atoms with Gasteiger partial charge >= 0.3 is 0 Å². The van der Waals surface area contributed by atoms with Gasteiger partial charge in [-0.1, -0.05) is 6.92 Å². The van der Waals surface area contributed by atoms with Crippen LogP contribution in [0.25, 0.3) is 5.82 Å². The van der Waals surface area contributed by atoms with Crippen LogP contribution in [0, 0.1) is 0 Å². The summed E-state index contributed by atoms with van der Waals surface area (Å²) in [5, 5.41) is 0. The molecule has 78 valence electrons. The molecule has 15 heavy (non-hydrogen) atoms. The molecule has 5 heteroatoms. The van der Waals surface area contributed by atoms with E-state index >= 15 is 0 Å². The van der Waals surface area contributed by atoms with Crippen molar-refractivity contribution in [2.24, 2.45) is 0 Å². The van der Waals surface area contributed by atoms with Crippen molar-refractivity contribution in [3.8, 4) is 5.82 Å². The Morgan fingerprint density at radius 3 is 2.73 bits per heavy atom. The first-order valence-electron chi connectivity index (χ1n) is 4.74. The molecular formula is C10H11ClN4. The van der Waals surface area contributed by atoms with Gasteiger partial charge in [0, 0.05) is 18.8 Å². The number of halogens is 1. The van der Waals surface area contributed by atoms with Gasteiger partial charge in [0.25, 0.3) is 0 Å². The molecule has 0 aliphatic heterocycles. The molecule has 0 aliphatic rings. The number of hydrogen-bond acceptors (Lipinski definition) is 3. The molecule has 0 aromatic carbocycles. The third kappa shape index (κ3) is 1.99. The van der Waals surface area contributed by atoms with Crippen LogP contribution in [0.2, 0.25) is 0 Å². The fourth-order valence-electron chi connectivity index (χ4n) is 1.35. The largest absolute Gasteiger partial charge is 0.287 e. The average Bonchev–Trinajstić information content (AvgIpc) is 2.77. The van der Waals surface area contributed by atoms with E-state index in [1.165, 1.54) is 0 Å². The number of aryl methyl sites for hydroxylation is 1. The lowest BCUT2D eigenvalue weighted by atomic mass is 10.4. The van der Waals surface area contributed by atoms with E-state index in [2.05, 4.69) is 21.9 Å². The zero-order valence-corrected chi connectivity index (χ0v) is 9.15. The van der Waals surface area contributed by atoms with E-state index in [0.29, 0.717) is 5.88 Å². The molecule has 4 nitrogen and oxygen atoms in total. The molecule has 0 amide bonds. The van der Waals surface area contributed by atoms with E-state index < -0.39 is 0 Å². The highest BCUT2D eigenvalue weighted by molar-refractivity contribution is 6.16. The number of imidazole rings is 1. The second-order valence-electron chi connectivity index (χ2n) is 3.07. The summed E-state index contributed by atoms with van der Waals surface area (Å²) in [5.74, 6) is 2.14. The highest BCUT2D eigenvalue weighted by Gasteiger charge is 2.04. The summed E-state index contributed by atoms with van der Waals surface area (Å²) < 4.78 is 1.92. The summed E-state index contributed by atoms with van der Waals surface area (Å²) in [5.41, 5.74) is 0.776. The molecular weight excluding hydrogens is 212 g/mol. The van der Waals surface area contributed by atoms with Gasteiger partial charge in [-0.2, -0.15) is 0 Å². The maximum absolute atomic E-state index is 5.64. The Kier molecular flexibility index (Phi) is 2.97. The van der Waals surface area contributed by atoms with E-state index in [1.54, 1.807) is 18.6 Å². The van der Waals surface area contributed by atoms with Gasteiger partial charge in [-0.25, -0.2) is 9.97 Å². The molecule has 0 aliphatic carbocycles. The minimum absolute atomic E-state index is 0.387. The topological polar surface area (TPSA) is 43.6 Å². The van der Waals surface area contributed by atoms with Crippen LogP contribution < -0.4 is 0 Å². The summed E-state index contributed by atoms with van der Waals surface area (Å²) >= 11 is 5.64. The quantitative estimate of drug-likeness (QED) is 0.746. The van der Waals surface area contributed by atoms with Crippen LogP contribution in [0.1, 0.15) is 18.4 Å². The molecule has 2 rings (SSSR count). The SMILES string of the molecule is CCc1nccn1-c1cnc(CCl)cn1. The summed E-state index contributed by atoms with van der Waals surface area (Å²) in [7, 11) is 0. The minimum atomic E-state index is 0.387. The molecule has 0 unspecified atom stereocenters. The minimum Gasteiger partial charge on any atom is -0.287 e. The van der Waals surface area contributed by atoms with Gasteiger partial charge in [-0.3, -0.25) is 9.55 Å². The van der Waals surface area contributed by atoms with Crippen molar-refractivity contribution < 1.29 is 0 Å². The van der Waals surface area contributed by atoms with Gasteiger partial charge in [0.2, 0.25) is 0 Å². The zero-order valence-electron chi connectivity index (χ0n) is 8.39. The van der Waals surface area contributed by atoms with E-state index in [4.69, 9.17) is 11.6 Å². The monoisotopic (exact) mass is 222 g/mol. The average molecular weight is 223 g/mol. The predicted octanol–water partition coefficient (Wildman–Crippen LogP) is 1.96. The number of rotatable bonds is 3. The van der Waals surface area contributed by atoms with Crippen molar-refractivity contribution in [1.82, 2.24) is 19.5 Å². The summed E-state index contributed by atoms with van der Waals surface area (Å²) in [6.07, 6.45) is 7.89. The van der Waals surface area contributed by atoms with Gasteiger partial charge in [-0.05, 0) is 0 Å². The van der Waals surface area contributed by atoms with Crippen LogP contribution in [-0.4, -0.2) is 19.5 Å². The molecule has 0 N–H and O–H groups in total. The molecule has 0 atom stereocenters. The van der Waals surface area contributed by atoms with Gasteiger partial charge < -0.3 is 0 Å². The number of alkyl halides is 1. The number of hydrogen-bond donors (Lipinski definition) is 0. The van der Waals surface area contributed by atoms with E-state index in [0.717, 1.165) is 23.8 Å². The van der Waals surface area contributed by atoms with Crippen molar-refractivity contribution >= 4 is 11.6 Å². The lowest BCUT2D eigenvalue weighted by Gasteiger charge is -2.04. The van der Waals surface area contributed by atoms with Crippen LogP contribution in [0.3, 0.4) is 0 Å². The van der Waals surface area contributed by atoms with Crippen LogP contribution in [0.5, 0.6) is 0 Å². The maximum Gasteiger partial charge on any atom is 0.156 e. The van der Waals surface area contributed by atoms with Crippen LogP contribution in [0.15, 0.2) is 24.8 Å². The standard InChI is InChI=1S/C10H11ClN4/c1-2-9-12-3-4-15(9)10-7-13-8(5-11)6-14-10/h3-4,6-7H,2,5H2,1H3. The molecule has 0 saturated heterocycles. The maximum atomic E-state index is 5.64. The van der Waals surface area contributed by atoms with Crippen molar-refractivity contribution in [2.75, 3.05) is 0 Å². The van der Waals surface area contributed by atoms with Gasteiger partial charge in [0.05, 0.1) is 24.0 Å². The van der Waals surface area contributed by atoms with Gasteiger partial charge in [-0.15, -0.1) is 11.6 Å². The second-order valence-corrected chi connectivity index (χ2v) is 3.33. The van der Waals surface area contributed by atoms with E-state index in [9.17, 15) is 0 Å². The number of aromatic nitrogens is 4. The molecule has 0 fully saturated rings. The molecule has 0 spiro atoms. The summed E-state index contributed by atoms with van der Waals surface area (Å²) in [6.45, 7) is 2.05. The lowest BCUT2D eigenvalue weighted by Crippen LogP contribution is -2.02. The fourth-order valence-corrected chi connectivity index (χ4v) is 1.48. The van der Waals surface area contributed by atoms with Crippen LogP contribution >= 0.6 is 11.6 Å². The highest BCUT2D eigenvalue weighted by Crippen LogP contribution is 2.08. The van der Waals surface area contributed by atoms with Gasteiger partial charge in [0.15, 0.2) is 5.82 Å². The van der Waals surface area contributed by atoms with E-state index in [1.807, 2.05) is 10.8 Å². The number of nitrogens with zero attached hydrogens (tertiary/aromatic N) is 4. The van der Waals surface area contributed by atoms with Crippen LogP contribution in [0.4, 0.5) is 0 Å². The third-order valence-electron chi connectivity index (χ3n) is 2.11. The predicted molar refractivity (Wildman–Crippen MR) is 58.1 cm³/mol. The Balaban J connectivity index is 2.37. The molecule has 0 radical (unpaired) electrons. The Hall–Kier alpha value is -1.42. The molecule has 0 bridgehead atoms. The lowest BCUT2D eigenvalue weighted by molar-refractivity contribution is 0.855. The molecule has 2 aromatic rings. The van der Waals surface area contributed by atoms with E-state index in [-0.39, 0.29) is 0 Å². The summed E-state index contributed by atoms with van der Waals surface area (Å²) in [4.78, 5) is 12.7. The Morgan fingerprint density at radius 1 is 1.27 bits per heavy atom. The fraction of sp³-hybridized carbons (Fsp3) is 0.300. The molecule has 2 heterocycles. The smallest absolute Gasteiger partial charge is 0.156 e. The third-order valence-corrected chi connectivity index (χ3v) is 2.38. The van der Waals surface area contributed by atoms with Crippen molar-refractivity contribution in [2.45, 2.75) is 19.2 Å². The van der Waals surface area contributed by atoms with Crippen LogP contribution in [-0.2, 0) is 12.3 Å². The summed E-state index contributed by atoms with van der Waals surface area (Å²) in [6, 6.07) is 0. The second kappa shape index (κ2) is 4.40. The van der Waals surface area contributed by atoms with Gasteiger partial charge in [0.1, 0.15) is 5.82 Å². The Labute approximate surface area is 93.0 Å². The first-order chi connectivity index (χ1) is 7.35. The first-order valence-corrected chi connectivity index (χ1v) is 5.28. The van der Waals surface area contributed by atoms with Crippen molar-refractivity contribution in [3.05, 3.63) is 36.3 Å². The Morgan fingerprint density at radius 2 is 2.13 bits per heavy atom. The zero-order chi connectivity index (χ0) is 10.7. The highest BCUT2D eigenvalue weighted by atomic mass is 35.5. The first kappa shape index (κ1) is 10.1. The van der Waals surface area contributed by atoms with Crippen molar-refractivity contribution in [3.63, 3.8) is 0 Å². The van der Waals surface area contributed by atoms with Crippen molar-refractivity contribution in [1.29, 1.82) is 0 Å². The Bertz CT molecular complexity index is 435. The normalized spacial score (nSPS) is 10.5.